The van der Waals surface area contributed by atoms with Crippen LogP contribution in [0.4, 0.5) is 0 Å². The molecule has 2 N–H and O–H groups in total. The summed E-state index contributed by atoms with van der Waals surface area (Å²) in [6, 6.07) is 9.98. The Hall–Kier alpha value is -2.46. The molecule has 2 aliphatic heterocycles. The third-order valence-electron chi connectivity index (χ3n) is 4.14. The van der Waals surface area contributed by atoms with Crippen molar-refractivity contribution in [2.75, 3.05) is 13.3 Å². The Morgan fingerprint density at radius 1 is 1.13 bits per heavy atom. The molecule has 1 amide bonds. The Morgan fingerprint density at radius 2 is 1.96 bits per heavy atom. The third kappa shape index (κ3) is 2.55. The topological polar surface area (TPSA) is 50.4 Å². The minimum absolute atomic E-state index is 0.0862. The molecule has 2 heterocycles. The smallest absolute Gasteiger partial charge is 0.257 e. The Morgan fingerprint density at radius 3 is 2.74 bits per heavy atom. The lowest BCUT2D eigenvalue weighted by Crippen LogP contribution is -2.33. The van der Waals surface area contributed by atoms with Gasteiger partial charge in [-0.3, -0.25) is 4.79 Å². The van der Waals surface area contributed by atoms with Gasteiger partial charge in [0.1, 0.15) is 10.9 Å². The van der Waals surface area contributed by atoms with E-state index in [0.717, 1.165) is 22.8 Å². The van der Waals surface area contributed by atoms with E-state index in [9.17, 15) is 4.79 Å². The molecule has 0 fully saturated rings. The van der Waals surface area contributed by atoms with Gasteiger partial charge in [-0.1, -0.05) is 41.9 Å². The first-order chi connectivity index (χ1) is 11.2. The summed E-state index contributed by atoms with van der Waals surface area (Å²) in [5.41, 5.74) is 2.93. The number of amides is 1. The molecule has 0 spiro atoms. The van der Waals surface area contributed by atoms with E-state index in [1.807, 2.05) is 36.4 Å². The summed E-state index contributed by atoms with van der Waals surface area (Å²) in [5.74, 6) is 0.587. The summed E-state index contributed by atoms with van der Waals surface area (Å²) in [7, 11) is 0. The molecule has 2 aliphatic rings. The van der Waals surface area contributed by atoms with E-state index in [-0.39, 0.29) is 12.6 Å². The minimum atomic E-state index is -0.0862. The summed E-state index contributed by atoms with van der Waals surface area (Å²) >= 11 is 5.93. The maximum absolute atomic E-state index is 12.2. The van der Waals surface area contributed by atoms with Crippen molar-refractivity contribution >= 4 is 28.3 Å². The Kier molecular flexibility index (Phi) is 3.46. The van der Waals surface area contributed by atoms with Gasteiger partial charge in [-0.2, -0.15) is 0 Å². The van der Waals surface area contributed by atoms with Crippen molar-refractivity contribution in [3.8, 4) is 5.75 Å². The van der Waals surface area contributed by atoms with Gasteiger partial charge >= 0.3 is 0 Å². The first-order valence-electron chi connectivity index (χ1n) is 7.47. The number of hydrogen-bond donors (Lipinski definition) is 2. The molecule has 0 saturated heterocycles. The lowest BCUT2D eigenvalue weighted by atomic mass is 9.93. The van der Waals surface area contributed by atoms with Crippen LogP contribution >= 0.6 is 11.6 Å². The molecule has 2 aromatic carbocycles. The zero-order valence-electron chi connectivity index (χ0n) is 12.4. The van der Waals surface area contributed by atoms with Gasteiger partial charge in [-0.25, -0.2) is 0 Å². The van der Waals surface area contributed by atoms with Crippen LogP contribution in [0.5, 0.6) is 5.75 Å². The summed E-state index contributed by atoms with van der Waals surface area (Å²) in [5, 5.41) is 8.59. The van der Waals surface area contributed by atoms with Crippen molar-refractivity contribution in [1.82, 2.24) is 10.6 Å². The molecule has 0 aliphatic carbocycles. The highest BCUT2D eigenvalue weighted by atomic mass is 35.5. The molecule has 2 aromatic rings. The van der Waals surface area contributed by atoms with Gasteiger partial charge in [0.25, 0.3) is 5.91 Å². The fourth-order valence-corrected chi connectivity index (χ4v) is 3.17. The molecule has 116 valence electrons. The number of hydrogen-bond acceptors (Lipinski definition) is 3. The molecule has 4 nitrogen and oxygen atoms in total. The Balaban J connectivity index is 1.85. The largest absolute Gasteiger partial charge is 0.472 e. The monoisotopic (exact) mass is 326 g/mol. The van der Waals surface area contributed by atoms with Crippen LogP contribution in [0.15, 0.2) is 53.2 Å². The fraction of sp³-hybridized carbons (Fsp3) is 0.167. The summed E-state index contributed by atoms with van der Waals surface area (Å²) in [6.45, 7) is 0.928. The van der Waals surface area contributed by atoms with Crippen molar-refractivity contribution < 1.29 is 9.53 Å². The number of allylic oxidation sites excluding steroid dienone is 2. The highest BCUT2D eigenvalue weighted by molar-refractivity contribution is 6.29. The Labute approximate surface area is 138 Å². The standard InChI is InChI=1S/C18H15ClN2O2/c19-16-6-5-11(9-20-16)7-12-8-15-17(23-10-21-18(15)22)14-4-2-1-3-13(12)14/h1-6,8,20H,7,9-10H2,(H,21,22). The van der Waals surface area contributed by atoms with Crippen LogP contribution in [0.2, 0.25) is 0 Å². The number of benzene rings is 2. The predicted octanol–water partition coefficient (Wildman–Crippen LogP) is 3.07. The van der Waals surface area contributed by atoms with Gasteiger partial charge in [-0.15, -0.1) is 0 Å². The quantitative estimate of drug-likeness (QED) is 0.834. The normalized spacial score (nSPS) is 16.7. The first-order valence-corrected chi connectivity index (χ1v) is 7.85. The number of rotatable bonds is 2. The molecular formula is C18H15ClN2O2. The Bertz CT molecular complexity index is 871. The molecule has 0 atom stereocenters. The molecule has 0 unspecified atom stereocenters. The molecule has 0 radical (unpaired) electrons. The van der Waals surface area contributed by atoms with E-state index in [0.29, 0.717) is 23.0 Å². The average molecular weight is 327 g/mol. The second-order valence-corrected chi connectivity index (χ2v) is 6.03. The zero-order chi connectivity index (χ0) is 15.8. The molecule has 5 heteroatoms. The van der Waals surface area contributed by atoms with Crippen molar-refractivity contribution in [3.63, 3.8) is 0 Å². The van der Waals surface area contributed by atoms with E-state index in [1.54, 1.807) is 0 Å². The van der Waals surface area contributed by atoms with Crippen LogP contribution in [0.1, 0.15) is 15.9 Å². The predicted molar refractivity (Wildman–Crippen MR) is 90.6 cm³/mol. The van der Waals surface area contributed by atoms with Gasteiger partial charge in [0.05, 0.1) is 5.56 Å². The maximum Gasteiger partial charge on any atom is 0.257 e. The lowest BCUT2D eigenvalue weighted by Gasteiger charge is -2.22. The van der Waals surface area contributed by atoms with Gasteiger partial charge < -0.3 is 15.4 Å². The van der Waals surface area contributed by atoms with Gasteiger partial charge in [0.2, 0.25) is 0 Å². The van der Waals surface area contributed by atoms with Crippen LogP contribution in [0.25, 0.3) is 10.8 Å². The minimum Gasteiger partial charge on any atom is -0.472 e. The molecule has 0 bridgehead atoms. The van der Waals surface area contributed by atoms with Crippen LogP contribution in [-0.2, 0) is 6.42 Å². The highest BCUT2D eigenvalue weighted by Crippen LogP contribution is 2.35. The molecular weight excluding hydrogens is 312 g/mol. The molecule has 4 rings (SSSR count). The van der Waals surface area contributed by atoms with Crippen LogP contribution in [-0.4, -0.2) is 19.2 Å². The average Bonchev–Trinajstić information content (AvgIpc) is 2.58. The number of dihydropyridines is 1. The van der Waals surface area contributed by atoms with Crippen molar-refractivity contribution in [2.45, 2.75) is 6.42 Å². The first kappa shape index (κ1) is 14.2. The van der Waals surface area contributed by atoms with Crippen LogP contribution < -0.4 is 15.4 Å². The number of halogens is 1. The summed E-state index contributed by atoms with van der Waals surface area (Å²) in [4.78, 5) is 12.2. The summed E-state index contributed by atoms with van der Waals surface area (Å²) < 4.78 is 5.68. The van der Waals surface area contributed by atoms with E-state index in [1.165, 1.54) is 5.57 Å². The molecule has 0 aromatic heterocycles. The van der Waals surface area contributed by atoms with Gasteiger partial charge in [-0.05, 0) is 35.1 Å². The van der Waals surface area contributed by atoms with Gasteiger partial charge in [0, 0.05) is 11.9 Å². The third-order valence-corrected chi connectivity index (χ3v) is 4.40. The highest BCUT2D eigenvalue weighted by Gasteiger charge is 2.22. The second-order valence-electron chi connectivity index (χ2n) is 5.62. The lowest BCUT2D eigenvalue weighted by molar-refractivity contribution is 0.0885. The van der Waals surface area contributed by atoms with Crippen molar-refractivity contribution in [2.24, 2.45) is 0 Å². The zero-order valence-corrected chi connectivity index (χ0v) is 13.1. The van der Waals surface area contributed by atoms with Crippen LogP contribution in [0, 0.1) is 0 Å². The summed E-state index contributed by atoms with van der Waals surface area (Å²) in [6.07, 6.45) is 4.65. The number of fused-ring (bicyclic) bond motifs is 3. The van der Waals surface area contributed by atoms with E-state index in [2.05, 4.69) is 16.7 Å². The van der Waals surface area contributed by atoms with E-state index in [4.69, 9.17) is 16.3 Å². The molecule has 0 saturated carbocycles. The van der Waals surface area contributed by atoms with E-state index >= 15 is 0 Å². The van der Waals surface area contributed by atoms with Gasteiger partial charge in [0.15, 0.2) is 6.73 Å². The SMILES string of the molecule is O=C1NCOc2c1cc(CC1=CC=C(Cl)NC1)c1ccccc21. The van der Waals surface area contributed by atoms with E-state index < -0.39 is 0 Å². The fourth-order valence-electron chi connectivity index (χ4n) is 3.04. The number of carbonyl (C=O) groups excluding carboxylic acids is 1. The van der Waals surface area contributed by atoms with Crippen molar-refractivity contribution in [3.05, 3.63) is 64.3 Å². The molecule has 23 heavy (non-hydrogen) atoms. The second kappa shape index (κ2) is 5.63. The van der Waals surface area contributed by atoms with Crippen LogP contribution in [0.3, 0.4) is 0 Å². The number of ether oxygens (including phenoxy) is 1. The van der Waals surface area contributed by atoms with Crippen molar-refractivity contribution in [1.29, 1.82) is 0 Å². The maximum atomic E-state index is 12.2. The number of nitrogens with one attached hydrogen (secondary N) is 2. The number of carbonyl (C=O) groups is 1.